The van der Waals surface area contributed by atoms with Crippen molar-refractivity contribution in [3.63, 3.8) is 0 Å². The van der Waals surface area contributed by atoms with Gasteiger partial charge in [-0.2, -0.15) is 0 Å². The lowest BCUT2D eigenvalue weighted by molar-refractivity contribution is 0.0953. The van der Waals surface area contributed by atoms with Gasteiger partial charge >= 0.3 is 0 Å². The van der Waals surface area contributed by atoms with Crippen molar-refractivity contribution < 1.29 is 4.79 Å². The molecule has 5 nitrogen and oxygen atoms in total. The number of nitrogens with two attached hydrogens (primary N) is 1. The average Bonchev–Trinajstić information content (AvgIpc) is 2.55. The van der Waals surface area contributed by atoms with E-state index in [4.69, 9.17) is 5.73 Å². The molecular formula is C17H29IN4O. The Balaban J connectivity index is 0.00000484. The molecule has 1 aromatic carbocycles. The van der Waals surface area contributed by atoms with Gasteiger partial charge in [-0.15, -0.1) is 24.0 Å². The smallest absolute Gasteiger partial charge is 0.251 e. The molecule has 23 heavy (non-hydrogen) atoms. The predicted octanol–water partition coefficient (Wildman–Crippen LogP) is 2.91. The van der Waals surface area contributed by atoms with Gasteiger partial charge in [-0.1, -0.05) is 44.4 Å². The highest BCUT2D eigenvalue weighted by atomic mass is 127. The van der Waals surface area contributed by atoms with Crippen molar-refractivity contribution in [1.29, 1.82) is 0 Å². The van der Waals surface area contributed by atoms with Crippen LogP contribution >= 0.6 is 24.0 Å². The second-order valence-corrected chi connectivity index (χ2v) is 5.23. The minimum atomic E-state index is -0.0494. The van der Waals surface area contributed by atoms with Gasteiger partial charge in [-0.3, -0.25) is 9.79 Å². The molecular weight excluding hydrogens is 403 g/mol. The summed E-state index contributed by atoms with van der Waals surface area (Å²) in [5.41, 5.74) is 6.45. The van der Waals surface area contributed by atoms with E-state index in [0.29, 0.717) is 24.6 Å². The number of aliphatic imine (C=N–C) groups is 1. The van der Waals surface area contributed by atoms with Crippen molar-refractivity contribution in [1.82, 2.24) is 10.6 Å². The number of nitrogens with one attached hydrogen (secondary N) is 2. The summed E-state index contributed by atoms with van der Waals surface area (Å²) in [5, 5.41) is 5.98. The molecule has 0 aromatic heterocycles. The molecule has 0 fully saturated rings. The van der Waals surface area contributed by atoms with Crippen LogP contribution in [-0.2, 0) is 0 Å². The standard InChI is InChI=1S/C17H28N4O.HI/c1-2-3-4-8-12-20-17(18)21-14-9-13-19-16(22)15-10-6-5-7-11-15;/h5-7,10-11H,2-4,8-9,12-14H2,1H3,(H,19,22)(H3,18,20,21);1H. The number of unbranched alkanes of at least 4 members (excludes halogenated alkanes) is 3. The van der Waals surface area contributed by atoms with Gasteiger partial charge in [0.15, 0.2) is 5.96 Å². The highest BCUT2D eigenvalue weighted by molar-refractivity contribution is 14.0. The highest BCUT2D eigenvalue weighted by Crippen LogP contribution is 1.98. The van der Waals surface area contributed by atoms with Crippen LogP contribution in [0.5, 0.6) is 0 Å². The molecule has 0 heterocycles. The van der Waals surface area contributed by atoms with E-state index < -0.39 is 0 Å². The Kier molecular flexibility index (Phi) is 13.5. The third kappa shape index (κ3) is 11.0. The molecule has 4 N–H and O–H groups in total. The van der Waals surface area contributed by atoms with Crippen molar-refractivity contribution >= 4 is 35.8 Å². The maximum atomic E-state index is 11.8. The van der Waals surface area contributed by atoms with Gasteiger partial charge in [0.05, 0.1) is 0 Å². The summed E-state index contributed by atoms with van der Waals surface area (Å²) in [6, 6.07) is 9.20. The van der Waals surface area contributed by atoms with Crippen LogP contribution in [0.2, 0.25) is 0 Å². The lowest BCUT2D eigenvalue weighted by Crippen LogP contribution is -2.32. The molecule has 130 valence electrons. The zero-order valence-electron chi connectivity index (χ0n) is 13.9. The number of hydrogen-bond acceptors (Lipinski definition) is 2. The minimum Gasteiger partial charge on any atom is -0.370 e. The molecule has 0 aliphatic rings. The van der Waals surface area contributed by atoms with Crippen LogP contribution in [-0.4, -0.2) is 31.5 Å². The lowest BCUT2D eigenvalue weighted by Gasteiger charge is -2.06. The van der Waals surface area contributed by atoms with Crippen LogP contribution in [0.25, 0.3) is 0 Å². The van der Waals surface area contributed by atoms with Gasteiger partial charge in [0.25, 0.3) is 5.91 Å². The second-order valence-electron chi connectivity index (χ2n) is 5.23. The van der Waals surface area contributed by atoms with E-state index in [1.54, 1.807) is 12.1 Å². The largest absolute Gasteiger partial charge is 0.370 e. The van der Waals surface area contributed by atoms with E-state index in [2.05, 4.69) is 22.5 Å². The highest BCUT2D eigenvalue weighted by Gasteiger charge is 2.02. The summed E-state index contributed by atoms with van der Waals surface area (Å²) >= 11 is 0. The molecule has 0 spiro atoms. The maximum Gasteiger partial charge on any atom is 0.251 e. The van der Waals surface area contributed by atoms with Crippen molar-refractivity contribution in [3.05, 3.63) is 35.9 Å². The Morgan fingerprint density at radius 3 is 2.43 bits per heavy atom. The topological polar surface area (TPSA) is 79.5 Å². The fraction of sp³-hybridized carbons (Fsp3) is 0.529. The van der Waals surface area contributed by atoms with Gasteiger partial charge in [0.1, 0.15) is 0 Å². The molecule has 0 radical (unpaired) electrons. The van der Waals surface area contributed by atoms with Crippen LogP contribution in [0, 0.1) is 0 Å². The Labute approximate surface area is 156 Å². The lowest BCUT2D eigenvalue weighted by atomic mass is 10.2. The Hall–Kier alpha value is -1.31. The predicted molar refractivity (Wildman–Crippen MR) is 107 cm³/mol. The van der Waals surface area contributed by atoms with Gasteiger partial charge < -0.3 is 16.4 Å². The fourth-order valence-electron chi connectivity index (χ4n) is 2.00. The molecule has 1 aromatic rings. The molecule has 0 atom stereocenters. The van der Waals surface area contributed by atoms with Crippen molar-refractivity contribution in [3.8, 4) is 0 Å². The first-order valence-corrected chi connectivity index (χ1v) is 8.11. The summed E-state index contributed by atoms with van der Waals surface area (Å²) < 4.78 is 0. The molecule has 0 aliphatic heterocycles. The summed E-state index contributed by atoms with van der Waals surface area (Å²) in [6.45, 7) is 4.28. The third-order valence-electron chi connectivity index (χ3n) is 3.28. The van der Waals surface area contributed by atoms with Crippen LogP contribution in [0.15, 0.2) is 35.3 Å². The van der Waals surface area contributed by atoms with Gasteiger partial charge in [-0.25, -0.2) is 0 Å². The first-order chi connectivity index (χ1) is 10.7. The molecule has 6 heteroatoms. The zero-order chi connectivity index (χ0) is 16.0. The quantitative estimate of drug-likeness (QED) is 0.230. The number of halogens is 1. The number of amides is 1. The fourth-order valence-corrected chi connectivity index (χ4v) is 2.00. The minimum absolute atomic E-state index is 0. The van der Waals surface area contributed by atoms with E-state index in [9.17, 15) is 4.79 Å². The molecule has 0 unspecified atom stereocenters. The SMILES string of the molecule is CCCCCCNC(N)=NCCCNC(=O)c1ccccc1.I. The van der Waals surface area contributed by atoms with Crippen LogP contribution < -0.4 is 16.4 Å². The molecule has 0 saturated heterocycles. The number of rotatable bonds is 10. The Morgan fingerprint density at radius 2 is 1.74 bits per heavy atom. The molecule has 0 saturated carbocycles. The molecule has 1 rings (SSSR count). The third-order valence-corrected chi connectivity index (χ3v) is 3.28. The molecule has 1 amide bonds. The number of nitrogens with zero attached hydrogens (tertiary/aromatic N) is 1. The first-order valence-electron chi connectivity index (χ1n) is 8.11. The van der Waals surface area contributed by atoms with Gasteiger partial charge in [0.2, 0.25) is 0 Å². The summed E-state index contributed by atoms with van der Waals surface area (Å²) in [7, 11) is 0. The summed E-state index contributed by atoms with van der Waals surface area (Å²) in [4.78, 5) is 16.0. The van der Waals surface area contributed by atoms with Crippen LogP contribution in [0.4, 0.5) is 0 Å². The number of benzene rings is 1. The summed E-state index contributed by atoms with van der Waals surface area (Å²) in [5.74, 6) is 0.442. The average molecular weight is 432 g/mol. The summed E-state index contributed by atoms with van der Waals surface area (Å²) in [6.07, 6.45) is 5.62. The van der Waals surface area contributed by atoms with Crippen molar-refractivity contribution in [2.24, 2.45) is 10.7 Å². The van der Waals surface area contributed by atoms with Crippen molar-refractivity contribution in [2.45, 2.75) is 39.0 Å². The first kappa shape index (κ1) is 21.7. The van der Waals surface area contributed by atoms with Gasteiger partial charge in [-0.05, 0) is 25.0 Å². The Bertz CT molecular complexity index is 451. The van der Waals surface area contributed by atoms with E-state index in [1.807, 2.05) is 18.2 Å². The Morgan fingerprint density at radius 1 is 1.04 bits per heavy atom. The molecule has 0 aliphatic carbocycles. The van der Waals surface area contributed by atoms with E-state index in [-0.39, 0.29) is 29.9 Å². The number of hydrogen-bond donors (Lipinski definition) is 3. The number of carbonyl (C=O) groups excluding carboxylic acids is 1. The maximum absolute atomic E-state index is 11.8. The van der Waals surface area contributed by atoms with E-state index in [0.717, 1.165) is 19.4 Å². The number of guanidine groups is 1. The normalized spacial score (nSPS) is 10.7. The second kappa shape index (κ2) is 14.3. The van der Waals surface area contributed by atoms with E-state index in [1.165, 1.54) is 19.3 Å². The monoisotopic (exact) mass is 432 g/mol. The van der Waals surface area contributed by atoms with Crippen molar-refractivity contribution in [2.75, 3.05) is 19.6 Å². The number of carbonyl (C=O) groups is 1. The van der Waals surface area contributed by atoms with Crippen LogP contribution in [0.3, 0.4) is 0 Å². The molecule has 0 bridgehead atoms. The van der Waals surface area contributed by atoms with Gasteiger partial charge in [0, 0.05) is 25.2 Å². The zero-order valence-corrected chi connectivity index (χ0v) is 16.2. The van der Waals surface area contributed by atoms with Crippen LogP contribution in [0.1, 0.15) is 49.4 Å². The van der Waals surface area contributed by atoms with E-state index >= 15 is 0 Å².